The molecule has 0 saturated heterocycles. The Hall–Kier alpha value is -2.03. The summed E-state index contributed by atoms with van der Waals surface area (Å²) in [5, 5.41) is 0.583. The van der Waals surface area contributed by atoms with Gasteiger partial charge in [0.1, 0.15) is 11.3 Å². The Morgan fingerprint density at radius 3 is 2.89 bits per heavy atom. The summed E-state index contributed by atoms with van der Waals surface area (Å²) in [6.07, 6.45) is 2.21. The highest BCUT2D eigenvalue weighted by atomic mass is 16.6. The highest BCUT2D eigenvalue weighted by Crippen LogP contribution is 2.36. The van der Waals surface area contributed by atoms with E-state index in [1.807, 2.05) is 19.1 Å². The standard InChI is InChI=1S/C15H14O3/c1-9-3-6-14-12(7-9)13(16)8-15(18-14)17-10(2)11-4-5-11/h3,6-8,11H,2,4-5H2,1H3. The average Bonchev–Trinajstić information content (AvgIpc) is 3.14. The fraction of sp³-hybridized carbons (Fsp3) is 0.267. The molecule has 3 rings (SSSR count). The number of benzene rings is 1. The number of allylic oxidation sites excluding steroid dienone is 1. The van der Waals surface area contributed by atoms with Crippen LogP contribution in [0.1, 0.15) is 18.4 Å². The van der Waals surface area contributed by atoms with Crippen molar-refractivity contribution in [2.24, 2.45) is 5.92 Å². The molecule has 92 valence electrons. The van der Waals surface area contributed by atoms with Crippen molar-refractivity contribution in [2.75, 3.05) is 0 Å². The van der Waals surface area contributed by atoms with Crippen LogP contribution < -0.4 is 10.2 Å². The Labute approximate surface area is 105 Å². The fourth-order valence-electron chi connectivity index (χ4n) is 1.92. The van der Waals surface area contributed by atoms with Gasteiger partial charge in [-0.15, -0.1) is 0 Å². The van der Waals surface area contributed by atoms with Crippen LogP contribution in [0.3, 0.4) is 0 Å². The molecule has 1 heterocycles. The molecule has 0 spiro atoms. The van der Waals surface area contributed by atoms with Crippen molar-refractivity contribution in [3.8, 4) is 5.95 Å². The molecule has 0 bridgehead atoms. The second-order valence-corrected chi connectivity index (χ2v) is 4.77. The lowest BCUT2D eigenvalue weighted by atomic mass is 10.1. The molecule has 3 heteroatoms. The van der Waals surface area contributed by atoms with Gasteiger partial charge in [0.05, 0.1) is 11.5 Å². The number of fused-ring (bicyclic) bond motifs is 1. The summed E-state index contributed by atoms with van der Waals surface area (Å²) >= 11 is 0. The molecule has 0 aliphatic heterocycles. The monoisotopic (exact) mass is 242 g/mol. The van der Waals surface area contributed by atoms with Crippen LogP contribution in [0.4, 0.5) is 0 Å². The summed E-state index contributed by atoms with van der Waals surface area (Å²) in [5.41, 5.74) is 1.50. The quantitative estimate of drug-likeness (QED) is 0.774. The summed E-state index contributed by atoms with van der Waals surface area (Å²) in [7, 11) is 0. The molecule has 18 heavy (non-hydrogen) atoms. The second kappa shape index (κ2) is 4.02. The van der Waals surface area contributed by atoms with Crippen LogP contribution in [0, 0.1) is 12.8 Å². The highest BCUT2D eigenvalue weighted by Gasteiger charge is 2.27. The Kier molecular flexibility index (Phi) is 2.47. The molecular weight excluding hydrogens is 228 g/mol. The molecule has 0 N–H and O–H groups in total. The SMILES string of the molecule is C=C(Oc1cc(=O)c2cc(C)ccc2o1)C1CC1. The van der Waals surface area contributed by atoms with E-state index in [4.69, 9.17) is 9.15 Å². The van der Waals surface area contributed by atoms with E-state index in [2.05, 4.69) is 6.58 Å². The zero-order chi connectivity index (χ0) is 12.7. The van der Waals surface area contributed by atoms with Crippen LogP contribution in [-0.2, 0) is 0 Å². The molecule has 0 radical (unpaired) electrons. The maximum Gasteiger partial charge on any atom is 0.293 e. The van der Waals surface area contributed by atoms with E-state index in [0.29, 0.717) is 22.6 Å². The third kappa shape index (κ3) is 2.04. The van der Waals surface area contributed by atoms with Gasteiger partial charge >= 0.3 is 0 Å². The van der Waals surface area contributed by atoms with E-state index in [9.17, 15) is 4.79 Å². The predicted octanol–water partition coefficient (Wildman–Crippen LogP) is 3.40. The van der Waals surface area contributed by atoms with Gasteiger partial charge in [0.15, 0.2) is 5.43 Å². The normalized spacial score (nSPS) is 14.7. The summed E-state index contributed by atoms with van der Waals surface area (Å²) < 4.78 is 11.1. The Bertz CT molecular complexity index is 678. The van der Waals surface area contributed by atoms with Crippen molar-refractivity contribution in [1.29, 1.82) is 0 Å². The van der Waals surface area contributed by atoms with Crippen LogP contribution in [0.5, 0.6) is 5.95 Å². The Morgan fingerprint density at radius 1 is 1.39 bits per heavy atom. The van der Waals surface area contributed by atoms with E-state index >= 15 is 0 Å². The number of rotatable bonds is 3. The Morgan fingerprint density at radius 2 is 2.17 bits per heavy atom. The first kappa shape index (κ1) is 11.1. The summed E-state index contributed by atoms with van der Waals surface area (Å²) in [5.74, 6) is 1.34. The molecule has 1 aromatic heterocycles. The fourth-order valence-corrected chi connectivity index (χ4v) is 1.92. The zero-order valence-corrected chi connectivity index (χ0v) is 10.2. The first-order chi connectivity index (χ1) is 8.63. The molecule has 2 aromatic rings. The second-order valence-electron chi connectivity index (χ2n) is 4.77. The van der Waals surface area contributed by atoms with Gasteiger partial charge in [0.2, 0.25) is 0 Å². The van der Waals surface area contributed by atoms with Crippen LogP contribution in [0.15, 0.2) is 45.8 Å². The van der Waals surface area contributed by atoms with Gasteiger partial charge in [0.25, 0.3) is 5.95 Å². The van der Waals surface area contributed by atoms with E-state index in [-0.39, 0.29) is 11.4 Å². The molecule has 1 fully saturated rings. The maximum atomic E-state index is 11.9. The van der Waals surface area contributed by atoms with Crippen LogP contribution >= 0.6 is 0 Å². The van der Waals surface area contributed by atoms with E-state index in [1.165, 1.54) is 6.07 Å². The number of hydrogen-bond donors (Lipinski definition) is 0. The number of hydrogen-bond acceptors (Lipinski definition) is 3. The van der Waals surface area contributed by atoms with Crippen molar-refractivity contribution >= 4 is 11.0 Å². The van der Waals surface area contributed by atoms with E-state index in [1.54, 1.807) is 6.07 Å². The first-order valence-electron chi connectivity index (χ1n) is 6.04. The number of aryl methyl sites for hydroxylation is 1. The topological polar surface area (TPSA) is 39.4 Å². The van der Waals surface area contributed by atoms with Gasteiger partial charge in [-0.1, -0.05) is 18.2 Å². The molecule has 1 aromatic carbocycles. The lowest BCUT2D eigenvalue weighted by Crippen LogP contribution is -2.03. The van der Waals surface area contributed by atoms with Crippen LogP contribution in [-0.4, -0.2) is 0 Å². The minimum atomic E-state index is -0.0847. The van der Waals surface area contributed by atoms with E-state index < -0.39 is 0 Å². The molecule has 0 atom stereocenters. The highest BCUT2D eigenvalue weighted by molar-refractivity contribution is 5.77. The van der Waals surface area contributed by atoms with E-state index in [0.717, 1.165) is 18.4 Å². The van der Waals surface area contributed by atoms with Crippen LogP contribution in [0.2, 0.25) is 0 Å². The summed E-state index contributed by atoms with van der Waals surface area (Å²) in [6, 6.07) is 6.90. The van der Waals surface area contributed by atoms with Crippen LogP contribution in [0.25, 0.3) is 11.0 Å². The number of ether oxygens (including phenoxy) is 1. The average molecular weight is 242 g/mol. The molecule has 0 amide bonds. The third-order valence-corrected chi connectivity index (χ3v) is 3.12. The maximum absolute atomic E-state index is 11.9. The first-order valence-corrected chi connectivity index (χ1v) is 6.04. The van der Waals surface area contributed by atoms with Gasteiger partial charge in [-0.25, -0.2) is 0 Å². The summed E-state index contributed by atoms with van der Waals surface area (Å²) in [6.45, 7) is 5.79. The third-order valence-electron chi connectivity index (χ3n) is 3.12. The largest absolute Gasteiger partial charge is 0.431 e. The molecule has 1 aliphatic carbocycles. The predicted molar refractivity (Wildman–Crippen MR) is 69.7 cm³/mol. The van der Waals surface area contributed by atoms with Gasteiger partial charge < -0.3 is 9.15 Å². The molecule has 1 aliphatic rings. The summed E-state index contributed by atoms with van der Waals surface area (Å²) in [4.78, 5) is 11.9. The van der Waals surface area contributed by atoms with Crippen molar-refractivity contribution in [2.45, 2.75) is 19.8 Å². The van der Waals surface area contributed by atoms with Crippen molar-refractivity contribution in [3.63, 3.8) is 0 Å². The molecular formula is C15H14O3. The van der Waals surface area contributed by atoms with Gasteiger partial charge in [-0.3, -0.25) is 4.79 Å². The zero-order valence-electron chi connectivity index (χ0n) is 10.2. The molecule has 0 unspecified atom stereocenters. The van der Waals surface area contributed by atoms with Gasteiger partial charge in [-0.05, 0) is 31.9 Å². The minimum absolute atomic E-state index is 0.0847. The smallest absolute Gasteiger partial charge is 0.293 e. The van der Waals surface area contributed by atoms with Gasteiger partial charge in [-0.2, -0.15) is 0 Å². The van der Waals surface area contributed by atoms with Crippen molar-refractivity contribution in [1.82, 2.24) is 0 Å². The lowest BCUT2D eigenvalue weighted by molar-refractivity contribution is 0.304. The molecule has 3 nitrogen and oxygen atoms in total. The molecule has 1 saturated carbocycles. The Balaban J connectivity index is 2.01. The lowest BCUT2D eigenvalue weighted by Gasteiger charge is -2.07. The van der Waals surface area contributed by atoms with Gasteiger partial charge in [0, 0.05) is 5.92 Å². The van der Waals surface area contributed by atoms with Crippen molar-refractivity contribution < 1.29 is 9.15 Å². The van der Waals surface area contributed by atoms with Crippen molar-refractivity contribution in [3.05, 3.63) is 52.4 Å². The minimum Gasteiger partial charge on any atom is -0.431 e.